The number of para-hydroxylation sites is 1. The van der Waals surface area contributed by atoms with Crippen LogP contribution in [-0.4, -0.2) is 54.0 Å². The Morgan fingerprint density at radius 1 is 1.05 bits per heavy atom. The number of anilines is 2. The molecule has 5 aliphatic carbocycles. The first kappa shape index (κ1) is 28.6. The fourth-order valence-electron chi connectivity index (χ4n) is 8.72. The maximum absolute atomic E-state index is 12.8. The van der Waals surface area contributed by atoms with Crippen LogP contribution in [0.25, 0.3) is 0 Å². The Balaban J connectivity index is 0.965. The predicted molar refractivity (Wildman–Crippen MR) is 151 cm³/mol. The molecule has 12 heteroatoms. The number of halogens is 3. The average molecular weight is 599 g/mol. The van der Waals surface area contributed by atoms with Gasteiger partial charge in [-0.3, -0.25) is 0 Å². The summed E-state index contributed by atoms with van der Waals surface area (Å²) in [6, 6.07) is 9.19. The zero-order valence-electron chi connectivity index (χ0n) is 24.0. The van der Waals surface area contributed by atoms with Crippen molar-refractivity contribution in [1.29, 1.82) is 5.26 Å². The highest BCUT2D eigenvalue weighted by atomic mass is 19.4. The summed E-state index contributed by atoms with van der Waals surface area (Å²) in [6.45, 7) is 2.19. The number of aromatic nitrogens is 2. The van der Waals surface area contributed by atoms with Gasteiger partial charge in [-0.25, -0.2) is 4.98 Å². The van der Waals surface area contributed by atoms with Gasteiger partial charge in [0.05, 0.1) is 19.4 Å². The Hall–Kier alpha value is -3.14. The lowest BCUT2D eigenvalue weighted by molar-refractivity contribution is -0.274. The molecule has 1 spiro atoms. The van der Waals surface area contributed by atoms with E-state index in [0.717, 1.165) is 45.1 Å². The minimum absolute atomic E-state index is 0.0311. The lowest BCUT2D eigenvalue weighted by atomic mass is 9.72. The Morgan fingerprint density at radius 2 is 1.77 bits per heavy atom. The molecule has 43 heavy (non-hydrogen) atoms. The third kappa shape index (κ3) is 5.75. The van der Waals surface area contributed by atoms with E-state index in [1.54, 1.807) is 12.1 Å². The summed E-state index contributed by atoms with van der Waals surface area (Å²) in [6.07, 6.45) is 5.57. The standard InChI is InChI=1S/C31H37F3N6O3/c32-31(33,34)43-25-4-2-1-3-19(25)16-36-28-37-17-22(15-35)27(40-28)38-18-29-13-20-11-23(29)12-21(14-29)26(20)39-24-5-7-30(8-6-24)41-9-10-42-30/h1-4,17,20-21,23-24,26,39H,5-14,16,18H2,(H2,36,37,38,40)/t20-,21+,23?,26?,29?. The second-order valence-corrected chi connectivity index (χ2v) is 13.0. The van der Waals surface area contributed by atoms with Crippen LogP contribution < -0.4 is 20.7 Å². The summed E-state index contributed by atoms with van der Waals surface area (Å²) >= 11 is 0. The maximum Gasteiger partial charge on any atom is 0.573 e. The van der Waals surface area contributed by atoms with Crippen molar-refractivity contribution in [2.24, 2.45) is 23.2 Å². The predicted octanol–water partition coefficient (Wildman–Crippen LogP) is 5.35. The van der Waals surface area contributed by atoms with Crippen LogP contribution >= 0.6 is 0 Å². The van der Waals surface area contributed by atoms with Crippen molar-refractivity contribution < 1.29 is 27.4 Å². The van der Waals surface area contributed by atoms with Crippen molar-refractivity contribution in [1.82, 2.24) is 15.3 Å². The number of hydrogen-bond acceptors (Lipinski definition) is 9. The lowest BCUT2D eigenvalue weighted by Gasteiger charge is -2.43. The molecule has 3 unspecified atom stereocenters. The monoisotopic (exact) mass is 598 g/mol. The van der Waals surface area contributed by atoms with Gasteiger partial charge in [0.2, 0.25) is 5.95 Å². The molecule has 1 saturated heterocycles. The molecule has 8 rings (SSSR count). The van der Waals surface area contributed by atoms with E-state index in [9.17, 15) is 18.4 Å². The number of nitrogens with zero attached hydrogens (tertiary/aromatic N) is 3. The normalized spacial score (nSPS) is 30.9. The van der Waals surface area contributed by atoms with E-state index in [-0.39, 0.29) is 29.4 Å². The molecular formula is C31H37F3N6O3. The van der Waals surface area contributed by atoms with Crippen LogP contribution in [0.2, 0.25) is 0 Å². The molecule has 6 aliphatic rings. The topological polar surface area (TPSA) is 113 Å². The SMILES string of the molecule is N#Cc1cnc(NCc2ccccc2OC(F)(F)F)nc1NCC12C[C@H]3CC1C[C@@H](C2)C3NC1CCC2(CC1)OCCO2. The fourth-order valence-corrected chi connectivity index (χ4v) is 8.72. The van der Waals surface area contributed by atoms with Crippen LogP contribution in [0.1, 0.15) is 62.5 Å². The molecule has 5 saturated carbocycles. The highest BCUT2D eigenvalue weighted by Gasteiger charge is 2.61. The van der Waals surface area contributed by atoms with Crippen molar-refractivity contribution in [2.75, 3.05) is 30.4 Å². The summed E-state index contributed by atoms with van der Waals surface area (Å²) in [4.78, 5) is 8.75. The van der Waals surface area contributed by atoms with Gasteiger partial charge in [-0.2, -0.15) is 10.2 Å². The van der Waals surface area contributed by atoms with Crippen LogP contribution in [-0.2, 0) is 16.0 Å². The molecule has 9 nitrogen and oxygen atoms in total. The number of nitriles is 1. The number of alkyl halides is 3. The average Bonchev–Trinajstić information content (AvgIpc) is 3.64. The molecule has 1 aromatic carbocycles. The number of rotatable bonds is 9. The summed E-state index contributed by atoms with van der Waals surface area (Å²) in [5.41, 5.74) is 0.844. The molecule has 1 aromatic heterocycles. The lowest BCUT2D eigenvalue weighted by Crippen LogP contribution is -2.52. The molecule has 4 bridgehead atoms. The van der Waals surface area contributed by atoms with E-state index in [0.29, 0.717) is 60.0 Å². The molecule has 0 amide bonds. The van der Waals surface area contributed by atoms with Gasteiger partial charge in [0.15, 0.2) is 5.79 Å². The van der Waals surface area contributed by atoms with Crippen molar-refractivity contribution in [3.63, 3.8) is 0 Å². The van der Waals surface area contributed by atoms with Crippen LogP contribution in [0.4, 0.5) is 24.9 Å². The first-order valence-electron chi connectivity index (χ1n) is 15.4. The minimum atomic E-state index is -4.79. The summed E-state index contributed by atoms with van der Waals surface area (Å²) in [5, 5.41) is 20.2. The number of nitrogens with one attached hydrogen (secondary N) is 3. The van der Waals surface area contributed by atoms with Crippen molar-refractivity contribution >= 4 is 11.8 Å². The number of hydrogen-bond donors (Lipinski definition) is 3. The molecule has 6 fully saturated rings. The van der Waals surface area contributed by atoms with E-state index >= 15 is 0 Å². The van der Waals surface area contributed by atoms with Gasteiger partial charge >= 0.3 is 6.36 Å². The Morgan fingerprint density at radius 3 is 2.47 bits per heavy atom. The van der Waals surface area contributed by atoms with Gasteiger partial charge in [-0.15, -0.1) is 13.2 Å². The second kappa shape index (κ2) is 11.1. The zero-order valence-corrected chi connectivity index (χ0v) is 24.0. The smallest absolute Gasteiger partial charge is 0.405 e. The first-order chi connectivity index (χ1) is 20.7. The molecule has 5 atom stereocenters. The Bertz CT molecular complexity index is 1350. The molecule has 0 radical (unpaired) electrons. The van der Waals surface area contributed by atoms with E-state index < -0.39 is 6.36 Å². The van der Waals surface area contributed by atoms with Gasteiger partial charge in [-0.05, 0) is 67.8 Å². The second-order valence-electron chi connectivity index (χ2n) is 13.0. The molecule has 2 heterocycles. The Kier molecular flexibility index (Phi) is 7.38. The van der Waals surface area contributed by atoms with Crippen LogP contribution in [0.15, 0.2) is 30.5 Å². The van der Waals surface area contributed by atoms with Crippen LogP contribution in [0.3, 0.4) is 0 Å². The highest BCUT2D eigenvalue weighted by Crippen LogP contribution is 2.65. The molecule has 230 valence electrons. The third-order valence-corrected chi connectivity index (χ3v) is 10.5. The fraction of sp³-hybridized carbons (Fsp3) is 0.645. The summed E-state index contributed by atoms with van der Waals surface area (Å²) in [5.74, 6) is 2.05. The van der Waals surface area contributed by atoms with Gasteiger partial charge in [0.1, 0.15) is 23.2 Å². The van der Waals surface area contributed by atoms with Crippen molar-refractivity contribution in [3.05, 3.63) is 41.6 Å². The van der Waals surface area contributed by atoms with Gasteiger partial charge in [0.25, 0.3) is 0 Å². The quantitative estimate of drug-likeness (QED) is 0.352. The van der Waals surface area contributed by atoms with Gasteiger partial charge in [0, 0.05) is 43.6 Å². The maximum atomic E-state index is 12.8. The van der Waals surface area contributed by atoms with Gasteiger partial charge in [-0.1, -0.05) is 18.2 Å². The summed E-state index contributed by atoms with van der Waals surface area (Å²) < 4.78 is 54.4. The molecule has 2 aromatic rings. The van der Waals surface area contributed by atoms with Gasteiger partial charge < -0.3 is 30.2 Å². The Labute approximate surface area is 248 Å². The molecule has 1 aliphatic heterocycles. The van der Waals surface area contributed by atoms with Crippen molar-refractivity contribution in [3.8, 4) is 11.8 Å². The van der Waals surface area contributed by atoms with Crippen LogP contribution in [0, 0.1) is 34.5 Å². The third-order valence-electron chi connectivity index (χ3n) is 10.5. The minimum Gasteiger partial charge on any atom is -0.405 e. The van der Waals surface area contributed by atoms with Crippen molar-refractivity contribution in [2.45, 2.75) is 82.1 Å². The highest BCUT2D eigenvalue weighted by molar-refractivity contribution is 5.54. The largest absolute Gasteiger partial charge is 0.573 e. The first-order valence-corrected chi connectivity index (χ1v) is 15.4. The van der Waals surface area contributed by atoms with E-state index in [1.807, 2.05) is 0 Å². The van der Waals surface area contributed by atoms with E-state index in [1.165, 1.54) is 31.2 Å². The van der Waals surface area contributed by atoms with E-state index in [2.05, 4.69) is 36.7 Å². The zero-order chi connectivity index (χ0) is 29.7. The number of ether oxygens (including phenoxy) is 3. The molecular weight excluding hydrogens is 561 g/mol. The van der Waals surface area contributed by atoms with E-state index in [4.69, 9.17) is 9.47 Å². The van der Waals surface area contributed by atoms with Crippen LogP contribution in [0.5, 0.6) is 5.75 Å². The summed E-state index contributed by atoms with van der Waals surface area (Å²) in [7, 11) is 0. The number of benzene rings is 1. The molecule has 3 N–H and O–H groups in total.